The molecule has 0 amide bonds. The van der Waals surface area contributed by atoms with E-state index in [-0.39, 0.29) is 25.1 Å². The van der Waals surface area contributed by atoms with E-state index < -0.39 is 21.6 Å². The molecule has 4 aromatic rings. The van der Waals surface area contributed by atoms with Crippen molar-refractivity contribution in [2.75, 3.05) is 12.5 Å². The summed E-state index contributed by atoms with van der Waals surface area (Å²) in [4.78, 5) is 1.40. The molecule has 4 aromatic carbocycles. The van der Waals surface area contributed by atoms with Crippen LogP contribution in [-0.2, 0) is 21.6 Å². The third-order valence-corrected chi connectivity index (χ3v) is 7.07. The summed E-state index contributed by atoms with van der Waals surface area (Å²) in [7, 11) is -2.09. The van der Waals surface area contributed by atoms with Crippen LogP contribution in [0.15, 0.2) is 94.7 Å². The van der Waals surface area contributed by atoms with E-state index in [0.717, 1.165) is 11.1 Å². The van der Waals surface area contributed by atoms with Crippen LogP contribution < -0.4 is 0 Å². The Hall–Kier alpha value is -3.63. The molecule has 2 atom stereocenters. The zero-order chi connectivity index (χ0) is 26.2. The molecule has 0 saturated heterocycles. The van der Waals surface area contributed by atoms with Crippen molar-refractivity contribution in [3.63, 3.8) is 0 Å². The first-order chi connectivity index (χ1) is 17.2. The highest BCUT2D eigenvalue weighted by atomic mass is 32.2. The van der Waals surface area contributed by atoms with E-state index in [1.807, 2.05) is 12.1 Å². The lowest BCUT2D eigenvalue weighted by molar-refractivity contribution is 0.628. The SMILES string of the molecule is CS(=O)c1ccc(-c2cc(F)ccc2C#N)cc1.CS(=O)c1ccc(-c2cc(F)ccc2C#N)cc1.S. The van der Waals surface area contributed by atoms with Crippen molar-refractivity contribution in [3.8, 4) is 34.4 Å². The maximum absolute atomic E-state index is 13.2. The van der Waals surface area contributed by atoms with Gasteiger partial charge in [-0.15, -0.1) is 0 Å². The molecule has 0 aliphatic heterocycles. The molecule has 0 bridgehead atoms. The van der Waals surface area contributed by atoms with Crippen LogP contribution in [0.5, 0.6) is 0 Å². The van der Waals surface area contributed by atoms with Gasteiger partial charge in [-0.3, -0.25) is 8.42 Å². The number of rotatable bonds is 4. The summed E-state index contributed by atoms with van der Waals surface area (Å²) < 4.78 is 49.0. The maximum atomic E-state index is 13.2. The Morgan fingerprint density at radius 2 is 0.919 bits per heavy atom. The lowest BCUT2D eigenvalue weighted by Crippen LogP contribution is -1.89. The van der Waals surface area contributed by atoms with E-state index in [9.17, 15) is 17.2 Å². The summed E-state index contributed by atoms with van der Waals surface area (Å²) in [6.45, 7) is 0. The van der Waals surface area contributed by atoms with Crippen LogP contribution >= 0.6 is 13.5 Å². The van der Waals surface area contributed by atoms with Crippen molar-refractivity contribution in [2.45, 2.75) is 9.79 Å². The third kappa shape index (κ3) is 7.68. The molecule has 9 heteroatoms. The van der Waals surface area contributed by atoms with Crippen molar-refractivity contribution in [1.29, 1.82) is 10.5 Å². The second-order valence-corrected chi connectivity index (χ2v) is 10.3. The van der Waals surface area contributed by atoms with Gasteiger partial charge in [0.2, 0.25) is 0 Å². The summed E-state index contributed by atoms with van der Waals surface area (Å²) in [6.07, 6.45) is 3.19. The highest BCUT2D eigenvalue weighted by Gasteiger charge is 2.08. The van der Waals surface area contributed by atoms with E-state index in [1.54, 1.807) is 61.0 Å². The Balaban J connectivity index is 0.000000253. The predicted octanol–water partition coefficient (Wildman–Crippen LogP) is 6.32. The zero-order valence-electron chi connectivity index (χ0n) is 19.9. The van der Waals surface area contributed by atoms with E-state index >= 15 is 0 Å². The van der Waals surface area contributed by atoms with Gasteiger partial charge in [-0.2, -0.15) is 24.0 Å². The van der Waals surface area contributed by atoms with Gasteiger partial charge in [-0.05, 0) is 71.8 Å². The van der Waals surface area contributed by atoms with Gasteiger partial charge in [-0.1, -0.05) is 24.3 Å². The van der Waals surface area contributed by atoms with Crippen LogP contribution in [0.1, 0.15) is 11.1 Å². The Morgan fingerprint density at radius 3 is 1.19 bits per heavy atom. The molecule has 2 unspecified atom stereocenters. The molecule has 0 aromatic heterocycles. The van der Waals surface area contributed by atoms with Crippen LogP contribution in [0.4, 0.5) is 8.78 Å². The average molecular weight is 553 g/mol. The molecule has 4 rings (SSSR count). The topological polar surface area (TPSA) is 81.7 Å². The molecule has 0 aliphatic rings. The number of halogens is 2. The van der Waals surface area contributed by atoms with Crippen LogP contribution in [-0.4, -0.2) is 20.9 Å². The number of hydrogen-bond acceptors (Lipinski definition) is 4. The molecular formula is C28H22F2N2O2S3. The smallest absolute Gasteiger partial charge is 0.123 e. The average Bonchev–Trinajstić information content (AvgIpc) is 2.89. The fraction of sp³-hybridized carbons (Fsp3) is 0.0714. The van der Waals surface area contributed by atoms with Gasteiger partial charge in [0.05, 0.1) is 23.3 Å². The lowest BCUT2D eigenvalue weighted by atomic mass is 10.0. The van der Waals surface area contributed by atoms with Crippen molar-refractivity contribution in [3.05, 3.63) is 108 Å². The Morgan fingerprint density at radius 1 is 0.595 bits per heavy atom. The minimum atomic E-state index is -1.04. The first kappa shape index (κ1) is 29.6. The standard InChI is InChI=1S/2C14H10FNOS.H2S/c2*1-18(17)13-6-3-10(4-7-13)14-8-12(15)5-2-11(14)9-16;/h2*2-8H,1H3;1H2. The molecule has 0 N–H and O–H groups in total. The predicted molar refractivity (Wildman–Crippen MR) is 148 cm³/mol. The summed E-state index contributed by atoms with van der Waals surface area (Å²) in [5.74, 6) is -0.765. The monoisotopic (exact) mass is 552 g/mol. The quantitative estimate of drug-likeness (QED) is 0.297. The number of nitrogens with zero attached hydrogens (tertiary/aromatic N) is 2. The number of nitriles is 2. The molecule has 0 aliphatic carbocycles. The molecule has 188 valence electrons. The lowest BCUT2D eigenvalue weighted by Gasteiger charge is -2.05. The first-order valence-corrected chi connectivity index (χ1v) is 13.6. The van der Waals surface area contributed by atoms with Crippen molar-refractivity contribution >= 4 is 35.1 Å². The van der Waals surface area contributed by atoms with Gasteiger partial charge in [0.15, 0.2) is 0 Å². The van der Waals surface area contributed by atoms with E-state index in [1.165, 1.54) is 36.4 Å². The molecule has 37 heavy (non-hydrogen) atoms. The van der Waals surface area contributed by atoms with Gasteiger partial charge in [0.1, 0.15) is 11.6 Å². The Labute approximate surface area is 226 Å². The second kappa shape index (κ2) is 13.6. The minimum Gasteiger partial charge on any atom is -0.255 e. The van der Waals surface area contributed by atoms with Crippen molar-refractivity contribution < 1.29 is 17.2 Å². The zero-order valence-corrected chi connectivity index (χ0v) is 22.5. The van der Waals surface area contributed by atoms with Crippen LogP contribution in [0.2, 0.25) is 0 Å². The fourth-order valence-corrected chi connectivity index (χ4v) is 4.40. The molecule has 0 saturated carbocycles. The molecule has 0 spiro atoms. The van der Waals surface area contributed by atoms with Crippen LogP contribution in [0, 0.1) is 34.3 Å². The van der Waals surface area contributed by atoms with Gasteiger partial charge in [0.25, 0.3) is 0 Å². The third-order valence-electron chi connectivity index (χ3n) is 5.20. The molecule has 0 heterocycles. The molecule has 0 fully saturated rings. The van der Waals surface area contributed by atoms with Gasteiger partial charge >= 0.3 is 0 Å². The maximum Gasteiger partial charge on any atom is 0.123 e. The summed E-state index contributed by atoms with van der Waals surface area (Å²) in [5, 5.41) is 18.0. The molecule has 0 radical (unpaired) electrons. The van der Waals surface area contributed by atoms with Crippen LogP contribution in [0.25, 0.3) is 22.3 Å². The normalized spacial score (nSPS) is 11.5. The van der Waals surface area contributed by atoms with Crippen molar-refractivity contribution in [1.82, 2.24) is 0 Å². The van der Waals surface area contributed by atoms with Crippen LogP contribution in [0.3, 0.4) is 0 Å². The number of hydrogen-bond donors (Lipinski definition) is 0. The van der Waals surface area contributed by atoms with Gasteiger partial charge in [0, 0.05) is 55.0 Å². The van der Waals surface area contributed by atoms with E-state index in [2.05, 4.69) is 0 Å². The molecule has 4 nitrogen and oxygen atoms in total. The Kier molecular flexibility index (Phi) is 10.9. The fourth-order valence-electron chi connectivity index (χ4n) is 3.36. The second-order valence-electron chi connectivity index (χ2n) is 7.56. The van der Waals surface area contributed by atoms with Gasteiger partial charge < -0.3 is 0 Å². The summed E-state index contributed by atoms with van der Waals surface area (Å²) >= 11 is 0. The van der Waals surface area contributed by atoms with E-state index in [0.29, 0.717) is 32.0 Å². The van der Waals surface area contributed by atoms with Crippen molar-refractivity contribution in [2.24, 2.45) is 0 Å². The largest absolute Gasteiger partial charge is 0.255 e. The molecular weight excluding hydrogens is 531 g/mol. The highest BCUT2D eigenvalue weighted by molar-refractivity contribution is 7.84. The first-order valence-electron chi connectivity index (χ1n) is 10.5. The van der Waals surface area contributed by atoms with Gasteiger partial charge in [-0.25, -0.2) is 8.78 Å². The highest BCUT2D eigenvalue weighted by Crippen LogP contribution is 2.26. The summed E-state index contributed by atoms with van der Waals surface area (Å²) in [6, 6.07) is 26.0. The Bertz CT molecular complexity index is 1410. The summed E-state index contributed by atoms with van der Waals surface area (Å²) in [5.41, 5.74) is 3.40. The van der Waals surface area contributed by atoms with E-state index in [4.69, 9.17) is 10.5 Å². The minimum absolute atomic E-state index is 0. The number of benzene rings is 4.